The summed E-state index contributed by atoms with van der Waals surface area (Å²) in [6.07, 6.45) is 0.773. The molecule has 104 valence electrons. The molecule has 1 aliphatic heterocycles. The van der Waals surface area contributed by atoms with Crippen LogP contribution < -0.4 is 0 Å². The van der Waals surface area contributed by atoms with Gasteiger partial charge in [0, 0.05) is 11.4 Å². The number of amides is 1. The second-order valence-corrected chi connectivity index (χ2v) is 5.34. The summed E-state index contributed by atoms with van der Waals surface area (Å²) in [6, 6.07) is 4.30. The summed E-state index contributed by atoms with van der Waals surface area (Å²) in [4.78, 5) is 14.8. The van der Waals surface area contributed by atoms with E-state index in [9.17, 15) is 9.18 Å². The summed E-state index contributed by atoms with van der Waals surface area (Å²) in [5.41, 5.74) is 0.0834. The van der Waals surface area contributed by atoms with E-state index in [-0.39, 0.29) is 23.6 Å². The van der Waals surface area contributed by atoms with Crippen molar-refractivity contribution in [2.45, 2.75) is 37.3 Å². The number of thiol groups is 1. The number of benzene rings is 1. The SMILES string of the molecule is CCC1COC(C)CN1C(=O)c1cc(S)ccc1F. The van der Waals surface area contributed by atoms with Gasteiger partial charge in [-0.3, -0.25) is 4.79 Å². The summed E-state index contributed by atoms with van der Waals surface area (Å²) in [5.74, 6) is -0.785. The second kappa shape index (κ2) is 5.92. The van der Waals surface area contributed by atoms with Gasteiger partial charge in [0.15, 0.2) is 0 Å². The molecule has 3 nitrogen and oxygen atoms in total. The second-order valence-electron chi connectivity index (χ2n) is 4.83. The molecule has 0 aliphatic carbocycles. The van der Waals surface area contributed by atoms with Crippen molar-refractivity contribution in [1.82, 2.24) is 4.90 Å². The van der Waals surface area contributed by atoms with Crippen LogP contribution in [-0.4, -0.2) is 36.1 Å². The molecule has 0 spiro atoms. The third-order valence-electron chi connectivity index (χ3n) is 3.38. The number of hydrogen-bond acceptors (Lipinski definition) is 3. The highest BCUT2D eigenvalue weighted by molar-refractivity contribution is 7.80. The predicted octanol–water partition coefficient (Wildman–Crippen LogP) is 2.75. The number of ether oxygens (including phenoxy) is 1. The van der Waals surface area contributed by atoms with Crippen molar-refractivity contribution < 1.29 is 13.9 Å². The molecule has 1 heterocycles. The zero-order valence-corrected chi connectivity index (χ0v) is 12.0. The Kier molecular flexibility index (Phi) is 4.47. The van der Waals surface area contributed by atoms with Crippen molar-refractivity contribution in [2.24, 2.45) is 0 Å². The normalized spacial score (nSPS) is 23.5. The molecule has 0 bridgehead atoms. The number of nitrogens with zero attached hydrogens (tertiary/aromatic N) is 1. The first-order valence-corrected chi connectivity index (χ1v) is 6.88. The maximum absolute atomic E-state index is 13.8. The van der Waals surface area contributed by atoms with Crippen LogP contribution in [0, 0.1) is 5.82 Å². The van der Waals surface area contributed by atoms with Gasteiger partial charge in [-0.05, 0) is 31.5 Å². The molecule has 5 heteroatoms. The van der Waals surface area contributed by atoms with Crippen LogP contribution in [0.5, 0.6) is 0 Å². The minimum atomic E-state index is -0.503. The van der Waals surface area contributed by atoms with Crippen molar-refractivity contribution in [3.05, 3.63) is 29.6 Å². The lowest BCUT2D eigenvalue weighted by Crippen LogP contribution is -2.51. The predicted molar refractivity (Wildman–Crippen MR) is 74.2 cm³/mol. The Morgan fingerprint density at radius 1 is 1.58 bits per heavy atom. The van der Waals surface area contributed by atoms with Crippen LogP contribution >= 0.6 is 12.6 Å². The molecule has 0 radical (unpaired) electrons. The lowest BCUT2D eigenvalue weighted by Gasteiger charge is -2.38. The average Bonchev–Trinajstić information content (AvgIpc) is 2.40. The van der Waals surface area contributed by atoms with E-state index < -0.39 is 5.82 Å². The first-order chi connectivity index (χ1) is 9.02. The molecule has 1 fully saturated rings. The first-order valence-electron chi connectivity index (χ1n) is 6.44. The van der Waals surface area contributed by atoms with Crippen LogP contribution in [0.4, 0.5) is 4.39 Å². The molecule has 2 unspecified atom stereocenters. The van der Waals surface area contributed by atoms with E-state index in [1.807, 2.05) is 13.8 Å². The van der Waals surface area contributed by atoms with E-state index in [1.165, 1.54) is 18.2 Å². The largest absolute Gasteiger partial charge is 0.375 e. The van der Waals surface area contributed by atoms with Crippen molar-refractivity contribution in [2.75, 3.05) is 13.2 Å². The fourth-order valence-corrected chi connectivity index (χ4v) is 2.47. The molecule has 1 aromatic rings. The van der Waals surface area contributed by atoms with E-state index in [2.05, 4.69) is 12.6 Å². The van der Waals surface area contributed by atoms with Gasteiger partial charge in [-0.1, -0.05) is 6.92 Å². The van der Waals surface area contributed by atoms with Gasteiger partial charge in [-0.15, -0.1) is 12.6 Å². The number of halogens is 1. The minimum absolute atomic E-state index is 0.00618. The number of rotatable bonds is 2. The van der Waals surface area contributed by atoms with E-state index in [1.54, 1.807) is 4.90 Å². The van der Waals surface area contributed by atoms with Gasteiger partial charge in [-0.25, -0.2) is 4.39 Å². The Bertz CT molecular complexity index is 481. The summed E-state index contributed by atoms with van der Waals surface area (Å²) < 4.78 is 19.3. The Balaban J connectivity index is 2.28. The average molecular weight is 283 g/mol. The van der Waals surface area contributed by atoms with Crippen LogP contribution in [0.15, 0.2) is 23.1 Å². The lowest BCUT2D eigenvalue weighted by atomic mass is 10.1. The molecule has 0 aromatic heterocycles. The van der Waals surface area contributed by atoms with Crippen molar-refractivity contribution in [3.8, 4) is 0 Å². The van der Waals surface area contributed by atoms with Gasteiger partial charge in [0.05, 0.1) is 24.3 Å². The van der Waals surface area contributed by atoms with E-state index in [0.717, 1.165) is 6.42 Å². The van der Waals surface area contributed by atoms with Gasteiger partial charge in [0.25, 0.3) is 5.91 Å². The Morgan fingerprint density at radius 3 is 3.00 bits per heavy atom. The highest BCUT2D eigenvalue weighted by Gasteiger charge is 2.31. The van der Waals surface area contributed by atoms with Crippen LogP contribution in [0.2, 0.25) is 0 Å². The van der Waals surface area contributed by atoms with Crippen LogP contribution in [0.1, 0.15) is 30.6 Å². The summed E-state index contributed by atoms with van der Waals surface area (Å²) >= 11 is 4.16. The highest BCUT2D eigenvalue weighted by atomic mass is 32.1. The maximum Gasteiger partial charge on any atom is 0.257 e. The molecule has 1 amide bonds. The molecule has 0 N–H and O–H groups in total. The summed E-state index contributed by atoms with van der Waals surface area (Å²) in [6.45, 7) is 4.91. The molecule has 1 aliphatic rings. The fraction of sp³-hybridized carbons (Fsp3) is 0.500. The molecular weight excluding hydrogens is 265 g/mol. The van der Waals surface area contributed by atoms with Crippen LogP contribution in [0.25, 0.3) is 0 Å². The van der Waals surface area contributed by atoms with Crippen molar-refractivity contribution in [3.63, 3.8) is 0 Å². The quantitative estimate of drug-likeness (QED) is 0.846. The third kappa shape index (κ3) is 3.09. The van der Waals surface area contributed by atoms with E-state index >= 15 is 0 Å². The molecule has 1 aromatic carbocycles. The highest BCUT2D eigenvalue weighted by Crippen LogP contribution is 2.21. The first kappa shape index (κ1) is 14.3. The van der Waals surface area contributed by atoms with Crippen LogP contribution in [0.3, 0.4) is 0 Å². The zero-order valence-electron chi connectivity index (χ0n) is 11.1. The Hall–Kier alpha value is -1.07. The van der Waals surface area contributed by atoms with E-state index in [4.69, 9.17) is 4.74 Å². The standard InChI is InChI=1S/C14H18FNO2S/c1-3-10-8-18-9(2)7-16(10)14(17)12-6-11(19)4-5-13(12)15/h4-6,9-10,19H,3,7-8H2,1-2H3. The summed E-state index contributed by atoms with van der Waals surface area (Å²) in [5, 5.41) is 0. The Labute approximate surface area is 118 Å². The van der Waals surface area contributed by atoms with Gasteiger partial charge in [0.2, 0.25) is 0 Å². The van der Waals surface area contributed by atoms with Gasteiger partial charge < -0.3 is 9.64 Å². The molecule has 2 rings (SSSR count). The third-order valence-corrected chi connectivity index (χ3v) is 3.66. The maximum atomic E-state index is 13.8. The van der Waals surface area contributed by atoms with Crippen LogP contribution in [-0.2, 0) is 4.74 Å². The van der Waals surface area contributed by atoms with Crippen molar-refractivity contribution in [1.29, 1.82) is 0 Å². The monoisotopic (exact) mass is 283 g/mol. The number of morpholine rings is 1. The molecule has 0 saturated carbocycles. The number of carbonyl (C=O) groups excluding carboxylic acids is 1. The molecular formula is C14H18FNO2S. The fourth-order valence-electron chi connectivity index (χ4n) is 2.26. The minimum Gasteiger partial charge on any atom is -0.375 e. The van der Waals surface area contributed by atoms with Crippen molar-refractivity contribution >= 4 is 18.5 Å². The summed E-state index contributed by atoms with van der Waals surface area (Å²) in [7, 11) is 0. The topological polar surface area (TPSA) is 29.5 Å². The number of hydrogen-bond donors (Lipinski definition) is 1. The van der Waals surface area contributed by atoms with Gasteiger partial charge >= 0.3 is 0 Å². The molecule has 19 heavy (non-hydrogen) atoms. The van der Waals surface area contributed by atoms with E-state index in [0.29, 0.717) is 18.0 Å². The Morgan fingerprint density at radius 2 is 2.32 bits per heavy atom. The van der Waals surface area contributed by atoms with Gasteiger partial charge in [0.1, 0.15) is 5.82 Å². The van der Waals surface area contributed by atoms with Gasteiger partial charge in [-0.2, -0.15) is 0 Å². The number of carbonyl (C=O) groups is 1. The lowest BCUT2D eigenvalue weighted by molar-refractivity contribution is -0.0445. The molecule has 2 atom stereocenters. The molecule has 1 saturated heterocycles. The zero-order chi connectivity index (χ0) is 14.0. The smallest absolute Gasteiger partial charge is 0.257 e.